The lowest BCUT2D eigenvalue weighted by atomic mass is 9.83. The zero-order valence-electron chi connectivity index (χ0n) is 11.0. The van der Waals surface area contributed by atoms with Gasteiger partial charge < -0.3 is 14.8 Å². The van der Waals surface area contributed by atoms with Gasteiger partial charge in [0.25, 0.3) is 0 Å². The standard InChI is InChI=1S/C14H21NO2/c1-14(2)12(7-8-15-14)11-6-5-10(16-3)9-13(11)17-4/h5-6,9,12,15H,7-8H2,1-4H3. The highest BCUT2D eigenvalue weighted by molar-refractivity contribution is 5.44. The first-order valence-electron chi connectivity index (χ1n) is 6.05. The lowest BCUT2D eigenvalue weighted by Crippen LogP contribution is -2.36. The van der Waals surface area contributed by atoms with Crippen molar-refractivity contribution in [3.63, 3.8) is 0 Å². The Balaban J connectivity index is 2.38. The van der Waals surface area contributed by atoms with Gasteiger partial charge in [-0.15, -0.1) is 0 Å². The molecule has 1 aliphatic heterocycles. The van der Waals surface area contributed by atoms with Crippen molar-refractivity contribution in [3.05, 3.63) is 23.8 Å². The van der Waals surface area contributed by atoms with E-state index in [1.54, 1.807) is 14.2 Å². The van der Waals surface area contributed by atoms with Crippen molar-refractivity contribution >= 4 is 0 Å². The monoisotopic (exact) mass is 235 g/mol. The van der Waals surface area contributed by atoms with E-state index in [0.29, 0.717) is 5.92 Å². The zero-order chi connectivity index (χ0) is 12.5. The van der Waals surface area contributed by atoms with E-state index in [0.717, 1.165) is 24.5 Å². The molecule has 2 rings (SSSR count). The molecule has 1 aromatic rings. The minimum Gasteiger partial charge on any atom is -0.497 e. The van der Waals surface area contributed by atoms with Crippen molar-refractivity contribution in [2.75, 3.05) is 20.8 Å². The Kier molecular flexibility index (Phi) is 3.29. The predicted molar refractivity (Wildman–Crippen MR) is 69.0 cm³/mol. The highest BCUT2D eigenvalue weighted by Gasteiger charge is 2.36. The highest BCUT2D eigenvalue weighted by atomic mass is 16.5. The number of hydrogen-bond acceptors (Lipinski definition) is 3. The Morgan fingerprint density at radius 2 is 2.00 bits per heavy atom. The van der Waals surface area contributed by atoms with Crippen molar-refractivity contribution in [2.45, 2.75) is 31.7 Å². The molecule has 1 heterocycles. The van der Waals surface area contributed by atoms with E-state index < -0.39 is 0 Å². The fraction of sp³-hybridized carbons (Fsp3) is 0.571. The van der Waals surface area contributed by atoms with Gasteiger partial charge >= 0.3 is 0 Å². The van der Waals surface area contributed by atoms with Crippen molar-refractivity contribution in [2.24, 2.45) is 0 Å². The van der Waals surface area contributed by atoms with Crippen LogP contribution in [0.2, 0.25) is 0 Å². The van der Waals surface area contributed by atoms with Crippen molar-refractivity contribution in [1.29, 1.82) is 0 Å². The van der Waals surface area contributed by atoms with E-state index >= 15 is 0 Å². The van der Waals surface area contributed by atoms with Crippen LogP contribution in [0.5, 0.6) is 11.5 Å². The van der Waals surface area contributed by atoms with Crippen LogP contribution in [0, 0.1) is 0 Å². The molecule has 1 saturated heterocycles. The Bertz CT molecular complexity index is 401. The maximum Gasteiger partial charge on any atom is 0.126 e. The van der Waals surface area contributed by atoms with E-state index in [-0.39, 0.29) is 5.54 Å². The third-order valence-electron chi connectivity index (χ3n) is 3.70. The van der Waals surface area contributed by atoms with Gasteiger partial charge in [-0.2, -0.15) is 0 Å². The molecule has 1 fully saturated rings. The lowest BCUT2D eigenvalue weighted by Gasteiger charge is -2.28. The summed E-state index contributed by atoms with van der Waals surface area (Å²) in [6, 6.07) is 6.09. The number of benzene rings is 1. The molecule has 1 unspecified atom stereocenters. The van der Waals surface area contributed by atoms with Crippen LogP contribution >= 0.6 is 0 Å². The molecule has 1 atom stereocenters. The maximum atomic E-state index is 5.49. The first-order valence-corrected chi connectivity index (χ1v) is 6.05. The Morgan fingerprint density at radius 1 is 1.24 bits per heavy atom. The number of methoxy groups -OCH3 is 2. The third kappa shape index (κ3) is 2.25. The normalized spacial score (nSPS) is 22.5. The largest absolute Gasteiger partial charge is 0.497 e. The Morgan fingerprint density at radius 3 is 2.53 bits per heavy atom. The van der Waals surface area contributed by atoms with E-state index in [1.807, 2.05) is 12.1 Å². The van der Waals surface area contributed by atoms with Crippen LogP contribution in [-0.4, -0.2) is 26.3 Å². The summed E-state index contributed by atoms with van der Waals surface area (Å²) in [6.07, 6.45) is 1.15. The quantitative estimate of drug-likeness (QED) is 0.873. The molecule has 0 aromatic heterocycles. The molecule has 0 aliphatic carbocycles. The van der Waals surface area contributed by atoms with Crippen LogP contribution in [0.1, 0.15) is 31.7 Å². The van der Waals surface area contributed by atoms with Crippen LogP contribution in [-0.2, 0) is 0 Å². The second-order valence-electron chi connectivity index (χ2n) is 5.10. The summed E-state index contributed by atoms with van der Waals surface area (Å²) in [6.45, 7) is 5.55. The molecule has 0 bridgehead atoms. The van der Waals surface area contributed by atoms with Gasteiger partial charge in [-0.25, -0.2) is 0 Å². The number of ether oxygens (including phenoxy) is 2. The van der Waals surface area contributed by atoms with Gasteiger partial charge in [-0.05, 0) is 38.4 Å². The second kappa shape index (κ2) is 4.57. The molecule has 1 aliphatic rings. The number of rotatable bonds is 3. The number of nitrogens with one attached hydrogen (secondary N) is 1. The molecule has 0 saturated carbocycles. The Labute approximate surface area is 103 Å². The summed E-state index contributed by atoms with van der Waals surface area (Å²) in [5, 5.41) is 3.54. The molecule has 0 radical (unpaired) electrons. The molecule has 1 aromatic carbocycles. The predicted octanol–water partition coefficient (Wildman–Crippen LogP) is 2.56. The van der Waals surface area contributed by atoms with Crippen LogP contribution in [0.25, 0.3) is 0 Å². The minimum absolute atomic E-state index is 0.127. The molecule has 17 heavy (non-hydrogen) atoms. The van der Waals surface area contributed by atoms with Crippen LogP contribution in [0.15, 0.2) is 18.2 Å². The first kappa shape index (κ1) is 12.2. The maximum absolute atomic E-state index is 5.49. The molecule has 3 nitrogen and oxygen atoms in total. The van der Waals surface area contributed by atoms with Crippen LogP contribution in [0.4, 0.5) is 0 Å². The second-order valence-corrected chi connectivity index (χ2v) is 5.10. The average Bonchev–Trinajstić information content (AvgIpc) is 2.68. The average molecular weight is 235 g/mol. The SMILES string of the molecule is COc1ccc(C2CCNC2(C)C)c(OC)c1. The lowest BCUT2D eigenvalue weighted by molar-refractivity contribution is 0.369. The van der Waals surface area contributed by atoms with E-state index in [2.05, 4.69) is 25.2 Å². The van der Waals surface area contributed by atoms with Crippen molar-refractivity contribution < 1.29 is 9.47 Å². The molecule has 3 heteroatoms. The van der Waals surface area contributed by atoms with Gasteiger partial charge in [0.2, 0.25) is 0 Å². The van der Waals surface area contributed by atoms with Crippen LogP contribution < -0.4 is 14.8 Å². The molecule has 0 spiro atoms. The van der Waals surface area contributed by atoms with Gasteiger partial charge in [-0.1, -0.05) is 6.07 Å². The van der Waals surface area contributed by atoms with Gasteiger partial charge in [0, 0.05) is 17.5 Å². The van der Waals surface area contributed by atoms with Gasteiger partial charge in [0.05, 0.1) is 14.2 Å². The minimum atomic E-state index is 0.127. The summed E-state index contributed by atoms with van der Waals surface area (Å²) in [5.74, 6) is 2.25. The van der Waals surface area contributed by atoms with Crippen LogP contribution in [0.3, 0.4) is 0 Å². The molecule has 1 N–H and O–H groups in total. The topological polar surface area (TPSA) is 30.5 Å². The number of hydrogen-bond donors (Lipinski definition) is 1. The molecular weight excluding hydrogens is 214 g/mol. The summed E-state index contributed by atoms with van der Waals surface area (Å²) in [4.78, 5) is 0. The van der Waals surface area contributed by atoms with E-state index in [1.165, 1.54) is 5.56 Å². The fourth-order valence-electron chi connectivity index (χ4n) is 2.67. The van der Waals surface area contributed by atoms with E-state index in [4.69, 9.17) is 9.47 Å². The van der Waals surface area contributed by atoms with Crippen molar-refractivity contribution in [1.82, 2.24) is 5.32 Å². The van der Waals surface area contributed by atoms with Crippen molar-refractivity contribution in [3.8, 4) is 11.5 Å². The smallest absolute Gasteiger partial charge is 0.126 e. The summed E-state index contributed by atoms with van der Waals surface area (Å²) < 4.78 is 10.7. The highest BCUT2D eigenvalue weighted by Crippen LogP contribution is 2.40. The molecule has 0 amide bonds. The summed E-state index contributed by atoms with van der Waals surface area (Å²) in [7, 11) is 3.39. The molecular formula is C14H21NO2. The zero-order valence-corrected chi connectivity index (χ0v) is 11.0. The van der Waals surface area contributed by atoms with Gasteiger partial charge in [-0.3, -0.25) is 0 Å². The summed E-state index contributed by atoms with van der Waals surface area (Å²) in [5.41, 5.74) is 1.39. The Hall–Kier alpha value is -1.22. The fourth-order valence-corrected chi connectivity index (χ4v) is 2.67. The third-order valence-corrected chi connectivity index (χ3v) is 3.70. The van der Waals surface area contributed by atoms with E-state index in [9.17, 15) is 0 Å². The summed E-state index contributed by atoms with van der Waals surface area (Å²) >= 11 is 0. The van der Waals surface area contributed by atoms with Gasteiger partial charge in [0.15, 0.2) is 0 Å². The first-order chi connectivity index (χ1) is 8.08. The van der Waals surface area contributed by atoms with Gasteiger partial charge in [0.1, 0.15) is 11.5 Å². The molecule has 94 valence electrons.